The summed E-state index contributed by atoms with van der Waals surface area (Å²) in [5.41, 5.74) is 0. The van der Waals surface area contributed by atoms with Crippen molar-refractivity contribution in [3.05, 3.63) is 53.4 Å². The van der Waals surface area contributed by atoms with Crippen LogP contribution in [0.2, 0.25) is 5.02 Å². The lowest BCUT2D eigenvalue weighted by atomic mass is 10.4. The number of rotatable bonds is 8. The molecule has 2 rings (SSSR count). The van der Waals surface area contributed by atoms with Gasteiger partial charge in [-0.1, -0.05) is 11.6 Å². The molecule has 1 aromatic carbocycles. The smallest absolute Gasteiger partial charge is 0.240 e. The van der Waals surface area contributed by atoms with Gasteiger partial charge in [0, 0.05) is 11.6 Å². The molecule has 0 aliphatic rings. The van der Waals surface area contributed by atoms with Crippen molar-refractivity contribution in [3.8, 4) is 0 Å². The Kier molecular flexibility index (Phi) is 5.82. The van der Waals surface area contributed by atoms with Crippen molar-refractivity contribution in [2.24, 2.45) is 0 Å². The van der Waals surface area contributed by atoms with Gasteiger partial charge in [0.05, 0.1) is 23.5 Å². The zero-order chi connectivity index (χ0) is 16.9. The molecule has 0 saturated heterocycles. The van der Waals surface area contributed by atoms with Gasteiger partial charge in [-0.25, -0.2) is 26.3 Å². The van der Waals surface area contributed by atoms with E-state index in [0.29, 0.717) is 10.8 Å². The van der Waals surface area contributed by atoms with Crippen molar-refractivity contribution in [1.82, 2.24) is 9.44 Å². The molecular weight excluding hydrogens is 364 g/mol. The molecule has 0 bridgehead atoms. The van der Waals surface area contributed by atoms with E-state index in [1.165, 1.54) is 30.5 Å². The molecule has 0 radical (unpaired) electrons. The molecule has 0 fully saturated rings. The maximum Gasteiger partial charge on any atom is 0.240 e. The molecule has 7 nitrogen and oxygen atoms in total. The van der Waals surface area contributed by atoms with Gasteiger partial charge in [0.2, 0.25) is 20.0 Å². The Bertz CT molecular complexity index is 831. The highest BCUT2D eigenvalue weighted by Gasteiger charge is 2.16. The van der Waals surface area contributed by atoms with Gasteiger partial charge in [-0.2, -0.15) is 0 Å². The number of benzene rings is 1. The zero-order valence-electron chi connectivity index (χ0n) is 11.9. The van der Waals surface area contributed by atoms with Crippen LogP contribution in [0.3, 0.4) is 0 Å². The summed E-state index contributed by atoms with van der Waals surface area (Å²) in [4.78, 5) is 0.0165. The molecule has 2 aromatic rings. The van der Waals surface area contributed by atoms with E-state index in [1.54, 1.807) is 12.1 Å². The van der Waals surface area contributed by atoms with E-state index >= 15 is 0 Å². The van der Waals surface area contributed by atoms with Gasteiger partial charge >= 0.3 is 0 Å². The first-order valence-corrected chi connectivity index (χ1v) is 10.0. The van der Waals surface area contributed by atoms with Crippen LogP contribution in [-0.4, -0.2) is 29.1 Å². The highest BCUT2D eigenvalue weighted by molar-refractivity contribution is 7.90. The molecule has 1 aromatic heterocycles. The molecule has 0 aliphatic heterocycles. The summed E-state index contributed by atoms with van der Waals surface area (Å²) in [6.45, 7) is -0.238. The Labute approximate surface area is 139 Å². The Hall–Kier alpha value is -1.39. The Morgan fingerprint density at radius 1 is 1.00 bits per heavy atom. The van der Waals surface area contributed by atoms with Crippen LogP contribution in [0.5, 0.6) is 0 Å². The maximum absolute atomic E-state index is 12.0. The molecule has 23 heavy (non-hydrogen) atoms. The number of nitrogens with one attached hydrogen (secondary N) is 2. The number of hydrogen-bond donors (Lipinski definition) is 2. The van der Waals surface area contributed by atoms with Gasteiger partial charge in [0.15, 0.2) is 0 Å². The molecule has 0 saturated carbocycles. The Morgan fingerprint density at radius 2 is 1.70 bits per heavy atom. The first-order chi connectivity index (χ1) is 10.8. The molecule has 0 amide bonds. The minimum absolute atomic E-state index is 0.0132. The highest BCUT2D eigenvalue weighted by Crippen LogP contribution is 2.13. The fraction of sp³-hybridized carbons (Fsp3) is 0.231. The number of furan rings is 1. The largest absolute Gasteiger partial charge is 0.468 e. The van der Waals surface area contributed by atoms with Crippen molar-refractivity contribution in [3.63, 3.8) is 0 Å². The second kappa shape index (κ2) is 7.45. The number of halogens is 1. The monoisotopic (exact) mass is 378 g/mol. The van der Waals surface area contributed by atoms with E-state index in [1.807, 2.05) is 0 Å². The molecule has 2 N–H and O–H groups in total. The summed E-state index contributed by atoms with van der Waals surface area (Å²) >= 11 is 5.69. The van der Waals surface area contributed by atoms with Crippen molar-refractivity contribution in [2.75, 3.05) is 12.3 Å². The predicted octanol–water partition coefficient (Wildman–Crippen LogP) is 1.33. The molecule has 10 heteroatoms. The minimum Gasteiger partial charge on any atom is -0.468 e. The molecule has 0 unspecified atom stereocenters. The molecule has 0 atom stereocenters. The van der Waals surface area contributed by atoms with E-state index in [0.717, 1.165) is 0 Å². The van der Waals surface area contributed by atoms with Crippen LogP contribution in [0.15, 0.2) is 52.0 Å². The third-order valence-electron chi connectivity index (χ3n) is 2.83. The normalized spacial score (nSPS) is 12.4. The summed E-state index contributed by atoms with van der Waals surface area (Å²) in [7, 11) is -7.40. The van der Waals surface area contributed by atoms with Crippen LogP contribution >= 0.6 is 11.6 Å². The standard InChI is InChI=1S/C13H15ClN2O5S2/c14-11-3-5-13(6-4-11)23(19,20)15-7-9-22(17,18)16-10-12-2-1-8-21-12/h1-6,8,15-16H,7,9-10H2. The summed E-state index contributed by atoms with van der Waals surface area (Å²) in [5.74, 6) is 0.0795. The van der Waals surface area contributed by atoms with Crippen molar-refractivity contribution in [1.29, 1.82) is 0 Å². The van der Waals surface area contributed by atoms with E-state index in [4.69, 9.17) is 16.0 Å². The van der Waals surface area contributed by atoms with Gasteiger partial charge in [0.1, 0.15) is 5.76 Å². The van der Waals surface area contributed by atoms with E-state index in [9.17, 15) is 16.8 Å². The van der Waals surface area contributed by atoms with Crippen LogP contribution in [0.25, 0.3) is 0 Å². The van der Waals surface area contributed by atoms with Crippen LogP contribution < -0.4 is 9.44 Å². The minimum atomic E-state index is -3.78. The lowest BCUT2D eigenvalue weighted by molar-refractivity contribution is 0.498. The first kappa shape index (κ1) is 18.0. The van der Waals surface area contributed by atoms with Crippen LogP contribution in [0, 0.1) is 0 Å². The summed E-state index contributed by atoms with van der Waals surface area (Å²) in [6.07, 6.45) is 1.43. The van der Waals surface area contributed by atoms with Gasteiger partial charge in [0.25, 0.3) is 0 Å². The third-order valence-corrected chi connectivity index (χ3v) is 5.89. The van der Waals surface area contributed by atoms with Crippen LogP contribution in [-0.2, 0) is 26.6 Å². The summed E-state index contributed by atoms with van der Waals surface area (Å²) in [6, 6.07) is 8.84. The topological polar surface area (TPSA) is 105 Å². The van der Waals surface area contributed by atoms with Crippen molar-refractivity contribution >= 4 is 31.6 Å². The molecule has 1 heterocycles. The fourth-order valence-corrected chi connectivity index (χ4v) is 3.84. The first-order valence-electron chi connectivity index (χ1n) is 6.53. The third kappa shape index (κ3) is 5.63. The highest BCUT2D eigenvalue weighted by atomic mass is 35.5. The fourth-order valence-electron chi connectivity index (χ4n) is 1.67. The van der Waals surface area contributed by atoms with Crippen molar-refractivity contribution < 1.29 is 21.3 Å². The summed E-state index contributed by atoms with van der Waals surface area (Å²) in [5, 5.41) is 0.411. The van der Waals surface area contributed by atoms with Gasteiger partial charge in [-0.3, -0.25) is 0 Å². The lowest BCUT2D eigenvalue weighted by Gasteiger charge is -2.08. The Morgan fingerprint density at radius 3 is 2.30 bits per heavy atom. The number of sulfonamides is 2. The molecule has 126 valence electrons. The van der Waals surface area contributed by atoms with Crippen LogP contribution in [0.4, 0.5) is 0 Å². The summed E-state index contributed by atoms with van der Waals surface area (Å²) < 4.78 is 57.1. The number of hydrogen-bond acceptors (Lipinski definition) is 5. The molecule has 0 spiro atoms. The maximum atomic E-state index is 12.0. The quantitative estimate of drug-likeness (QED) is 0.720. The van der Waals surface area contributed by atoms with Crippen LogP contribution in [0.1, 0.15) is 5.76 Å². The van der Waals surface area contributed by atoms with Crippen molar-refractivity contribution in [2.45, 2.75) is 11.4 Å². The second-order valence-corrected chi connectivity index (χ2v) is 8.70. The second-order valence-electron chi connectivity index (χ2n) is 4.57. The van der Waals surface area contributed by atoms with E-state index < -0.39 is 20.0 Å². The molecule has 0 aliphatic carbocycles. The van der Waals surface area contributed by atoms with Gasteiger partial charge in [-0.15, -0.1) is 0 Å². The average Bonchev–Trinajstić information content (AvgIpc) is 2.99. The zero-order valence-corrected chi connectivity index (χ0v) is 14.3. The lowest BCUT2D eigenvalue weighted by Crippen LogP contribution is -2.34. The van der Waals surface area contributed by atoms with Gasteiger partial charge in [-0.05, 0) is 36.4 Å². The van der Waals surface area contributed by atoms with E-state index in [2.05, 4.69) is 9.44 Å². The van der Waals surface area contributed by atoms with Gasteiger partial charge < -0.3 is 4.42 Å². The Balaban J connectivity index is 1.86. The average molecular weight is 379 g/mol. The SMILES string of the molecule is O=S(=O)(CCNS(=O)(=O)c1ccc(Cl)cc1)NCc1ccco1. The molecular formula is C13H15ClN2O5S2. The predicted molar refractivity (Wildman–Crippen MR) is 86.0 cm³/mol. The van der Waals surface area contributed by atoms with E-state index in [-0.39, 0.29) is 23.7 Å².